The van der Waals surface area contributed by atoms with Crippen molar-refractivity contribution in [3.05, 3.63) is 28.2 Å². The van der Waals surface area contributed by atoms with Crippen LogP contribution >= 0.6 is 23.2 Å². The first-order valence-electron chi connectivity index (χ1n) is 7.09. The van der Waals surface area contributed by atoms with Crippen LogP contribution in [0.4, 0.5) is 0 Å². The van der Waals surface area contributed by atoms with Gasteiger partial charge in [0.1, 0.15) is 4.90 Å². The van der Waals surface area contributed by atoms with E-state index in [1.165, 1.54) is 4.31 Å². The van der Waals surface area contributed by atoms with E-state index >= 15 is 0 Å². The maximum Gasteiger partial charge on any atom is 0.246 e. The molecule has 4 nitrogen and oxygen atoms in total. The first-order valence-corrected chi connectivity index (χ1v) is 9.29. The minimum atomic E-state index is -3.70. The number of rotatable bonds is 2. The van der Waals surface area contributed by atoms with Crippen molar-refractivity contribution in [2.75, 3.05) is 13.2 Å². The summed E-state index contributed by atoms with van der Waals surface area (Å²) in [5.41, 5.74) is 0. The van der Waals surface area contributed by atoms with E-state index in [2.05, 4.69) is 0 Å². The standard InChI is InChI=1S/C14H17Cl2NO3S/c15-10-4-3-5-11(16)14(10)21(18,19)17-8-9-20-13-7-2-1-6-12(13)17/h3-5,12-13H,1-2,6-9H2/t12-,13-/m0/s1. The molecule has 1 aromatic rings. The average molecular weight is 350 g/mol. The van der Waals surface area contributed by atoms with Crippen LogP contribution in [-0.4, -0.2) is 38.0 Å². The van der Waals surface area contributed by atoms with Crippen LogP contribution in [0, 0.1) is 0 Å². The molecule has 3 rings (SSSR count). The number of hydrogen-bond donors (Lipinski definition) is 0. The van der Waals surface area contributed by atoms with Gasteiger partial charge in [-0.2, -0.15) is 4.31 Å². The normalized spacial score (nSPS) is 27.3. The number of benzene rings is 1. The number of sulfonamides is 1. The molecule has 1 saturated carbocycles. The fourth-order valence-electron chi connectivity index (χ4n) is 3.21. The summed E-state index contributed by atoms with van der Waals surface area (Å²) in [6.45, 7) is 0.771. The van der Waals surface area contributed by atoms with Crippen LogP contribution in [0.2, 0.25) is 10.0 Å². The lowest BCUT2D eigenvalue weighted by Gasteiger charge is -2.42. The fourth-order valence-corrected chi connectivity index (χ4v) is 5.96. The van der Waals surface area contributed by atoms with Gasteiger partial charge in [-0.25, -0.2) is 8.42 Å². The molecule has 116 valence electrons. The predicted molar refractivity (Wildman–Crippen MR) is 82.3 cm³/mol. The summed E-state index contributed by atoms with van der Waals surface area (Å²) in [7, 11) is -3.70. The molecule has 1 saturated heterocycles. The number of fused-ring (bicyclic) bond motifs is 1. The second-order valence-corrected chi connectivity index (χ2v) is 8.07. The Morgan fingerprint density at radius 2 is 1.81 bits per heavy atom. The molecule has 0 radical (unpaired) electrons. The Morgan fingerprint density at radius 1 is 1.14 bits per heavy atom. The molecular weight excluding hydrogens is 333 g/mol. The predicted octanol–water partition coefficient (Wildman–Crippen LogP) is 3.33. The Balaban J connectivity index is 2.01. The van der Waals surface area contributed by atoms with Crippen molar-refractivity contribution in [1.82, 2.24) is 4.31 Å². The van der Waals surface area contributed by atoms with Gasteiger partial charge in [0.25, 0.3) is 0 Å². The molecule has 0 aromatic heterocycles. The number of morpholine rings is 1. The molecule has 7 heteroatoms. The van der Waals surface area contributed by atoms with Gasteiger partial charge in [-0.3, -0.25) is 0 Å². The highest BCUT2D eigenvalue weighted by atomic mass is 35.5. The Bertz CT molecular complexity index is 613. The molecule has 0 unspecified atom stereocenters. The monoisotopic (exact) mass is 349 g/mol. The molecule has 1 heterocycles. The number of hydrogen-bond acceptors (Lipinski definition) is 3. The van der Waals surface area contributed by atoms with Crippen LogP contribution in [0.5, 0.6) is 0 Å². The molecule has 21 heavy (non-hydrogen) atoms. The molecule has 2 aliphatic rings. The number of ether oxygens (including phenoxy) is 1. The molecule has 1 aliphatic heterocycles. The zero-order chi connectivity index (χ0) is 15.0. The summed E-state index contributed by atoms with van der Waals surface area (Å²) in [5.74, 6) is 0. The molecule has 2 fully saturated rings. The van der Waals surface area contributed by atoms with Gasteiger partial charge in [0.15, 0.2) is 0 Å². The van der Waals surface area contributed by atoms with Crippen molar-refractivity contribution < 1.29 is 13.2 Å². The molecule has 0 spiro atoms. The molecule has 1 aliphatic carbocycles. The first kappa shape index (κ1) is 15.6. The largest absolute Gasteiger partial charge is 0.375 e. The Kier molecular flexibility index (Phi) is 4.48. The third-order valence-corrected chi connectivity index (χ3v) is 7.05. The van der Waals surface area contributed by atoms with Gasteiger partial charge in [-0.1, -0.05) is 42.1 Å². The van der Waals surface area contributed by atoms with Gasteiger partial charge in [0.05, 0.1) is 28.8 Å². The Morgan fingerprint density at radius 3 is 2.52 bits per heavy atom. The Hall–Kier alpha value is -0.330. The number of halogens is 2. The second-order valence-electron chi connectivity index (χ2n) is 5.43. The van der Waals surface area contributed by atoms with E-state index in [1.807, 2.05) is 0 Å². The van der Waals surface area contributed by atoms with Crippen LogP contribution in [0.15, 0.2) is 23.1 Å². The third-order valence-electron chi connectivity index (χ3n) is 4.17. The summed E-state index contributed by atoms with van der Waals surface area (Å²) in [5, 5.41) is 0.336. The van der Waals surface area contributed by atoms with Crippen molar-refractivity contribution in [2.24, 2.45) is 0 Å². The highest BCUT2D eigenvalue weighted by Gasteiger charge is 2.42. The van der Waals surface area contributed by atoms with E-state index in [9.17, 15) is 8.42 Å². The highest BCUT2D eigenvalue weighted by molar-refractivity contribution is 7.89. The molecule has 0 bridgehead atoms. The smallest absolute Gasteiger partial charge is 0.246 e. The van der Waals surface area contributed by atoms with Crippen molar-refractivity contribution in [3.8, 4) is 0 Å². The highest BCUT2D eigenvalue weighted by Crippen LogP contribution is 2.36. The topological polar surface area (TPSA) is 46.6 Å². The van der Waals surface area contributed by atoms with Crippen LogP contribution in [0.3, 0.4) is 0 Å². The lowest BCUT2D eigenvalue weighted by atomic mass is 9.91. The van der Waals surface area contributed by atoms with E-state index < -0.39 is 10.0 Å². The van der Waals surface area contributed by atoms with E-state index in [4.69, 9.17) is 27.9 Å². The molecule has 0 amide bonds. The van der Waals surface area contributed by atoms with Crippen LogP contribution in [0.1, 0.15) is 25.7 Å². The molecular formula is C14H17Cl2NO3S. The van der Waals surface area contributed by atoms with E-state index in [-0.39, 0.29) is 27.1 Å². The average Bonchev–Trinajstić information content (AvgIpc) is 2.46. The summed E-state index contributed by atoms with van der Waals surface area (Å²) in [6.07, 6.45) is 3.83. The van der Waals surface area contributed by atoms with Gasteiger partial charge in [-0.15, -0.1) is 0 Å². The first-order chi connectivity index (χ1) is 10.0. The fraction of sp³-hybridized carbons (Fsp3) is 0.571. The van der Waals surface area contributed by atoms with Crippen molar-refractivity contribution in [3.63, 3.8) is 0 Å². The zero-order valence-electron chi connectivity index (χ0n) is 11.5. The van der Waals surface area contributed by atoms with Crippen molar-refractivity contribution in [2.45, 2.75) is 42.7 Å². The van der Waals surface area contributed by atoms with Crippen LogP contribution in [0.25, 0.3) is 0 Å². The SMILES string of the molecule is O=S(=O)(c1c(Cl)cccc1Cl)N1CCO[C@H]2CCCC[C@@H]21. The van der Waals surface area contributed by atoms with Gasteiger partial charge < -0.3 is 4.74 Å². The second kappa shape index (κ2) is 6.05. The minimum absolute atomic E-state index is 0.0106. The summed E-state index contributed by atoms with van der Waals surface area (Å²) in [4.78, 5) is 0.0135. The Labute approximate surface area is 135 Å². The van der Waals surface area contributed by atoms with E-state index in [0.717, 1.165) is 25.7 Å². The van der Waals surface area contributed by atoms with Gasteiger partial charge in [-0.05, 0) is 25.0 Å². The van der Waals surface area contributed by atoms with Crippen molar-refractivity contribution in [1.29, 1.82) is 0 Å². The summed E-state index contributed by atoms with van der Waals surface area (Å²) in [6, 6.07) is 4.65. The summed E-state index contributed by atoms with van der Waals surface area (Å²) >= 11 is 12.2. The van der Waals surface area contributed by atoms with E-state index in [0.29, 0.717) is 13.2 Å². The lowest BCUT2D eigenvalue weighted by Crippen LogP contribution is -2.54. The van der Waals surface area contributed by atoms with Crippen LogP contribution < -0.4 is 0 Å². The molecule has 2 atom stereocenters. The zero-order valence-corrected chi connectivity index (χ0v) is 13.8. The third kappa shape index (κ3) is 2.82. The summed E-state index contributed by atoms with van der Waals surface area (Å²) < 4.78 is 33.2. The molecule has 1 aromatic carbocycles. The maximum absolute atomic E-state index is 13.0. The van der Waals surface area contributed by atoms with Gasteiger partial charge in [0.2, 0.25) is 10.0 Å². The van der Waals surface area contributed by atoms with Crippen LogP contribution in [-0.2, 0) is 14.8 Å². The molecule has 0 N–H and O–H groups in total. The quantitative estimate of drug-likeness (QED) is 0.822. The van der Waals surface area contributed by atoms with Gasteiger partial charge in [0, 0.05) is 6.54 Å². The minimum Gasteiger partial charge on any atom is -0.375 e. The maximum atomic E-state index is 13.0. The lowest BCUT2D eigenvalue weighted by molar-refractivity contribution is -0.0586. The van der Waals surface area contributed by atoms with Gasteiger partial charge >= 0.3 is 0 Å². The van der Waals surface area contributed by atoms with E-state index in [1.54, 1.807) is 18.2 Å². The number of nitrogens with zero attached hydrogens (tertiary/aromatic N) is 1. The van der Waals surface area contributed by atoms with Crippen molar-refractivity contribution >= 4 is 33.2 Å².